The number of thiophene rings is 1. The third kappa shape index (κ3) is 3.84. The third-order valence-corrected chi connectivity index (χ3v) is 6.44. The Morgan fingerprint density at radius 3 is 2.84 bits per heavy atom. The van der Waals surface area contributed by atoms with Gasteiger partial charge in [0.1, 0.15) is 0 Å². The summed E-state index contributed by atoms with van der Waals surface area (Å²) in [6, 6.07) is 10.1. The predicted molar refractivity (Wildman–Crippen MR) is 103 cm³/mol. The van der Waals surface area contributed by atoms with E-state index in [1.54, 1.807) is 17.0 Å². The highest BCUT2D eigenvalue weighted by Crippen LogP contribution is 2.28. The van der Waals surface area contributed by atoms with Crippen molar-refractivity contribution in [3.05, 3.63) is 51.2 Å². The molecule has 4 rings (SSSR count). The number of carbonyl (C=O) groups is 1. The zero-order chi connectivity index (χ0) is 17.2. The Balaban J connectivity index is 1.30. The van der Waals surface area contributed by atoms with Gasteiger partial charge in [-0.15, -0.1) is 11.3 Å². The van der Waals surface area contributed by atoms with Crippen molar-refractivity contribution in [2.75, 3.05) is 25.0 Å². The smallest absolute Gasteiger partial charge is 0.321 e. The number of anilines is 1. The van der Waals surface area contributed by atoms with E-state index in [2.05, 4.69) is 21.7 Å². The lowest BCUT2D eigenvalue weighted by molar-refractivity contribution is 0.111. The molecule has 1 saturated heterocycles. The van der Waals surface area contributed by atoms with E-state index < -0.39 is 0 Å². The van der Waals surface area contributed by atoms with Crippen LogP contribution >= 0.6 is 22.9 Å². The zero-order valence-electron chi connectivity index (χ0n) is 14.1. The van der Waals surface area contributed by atoms with Crippen LogP contribution in [0.1, 0.15) is 23.3 Å². The molecule has 6 heteroatoms. The minimum Gasteiger partial charge on any atom is -0.324 e. The monoisotopic (exact) mass is 375 g/mol. The maximum Gasteiger partial charge on any atom is 0.321 e. The lowest BCUT2D eigenvalue weighted by Gasteiger charge is -2.40. The Morgan fingerprint density at radius 1 is 1.20 bits per heavy atom. The summed E-state index contributed by atoms with van der Waals surface area (Å²) in [5, 5.41) is 5.79. The SMILES string of the molecule is O=C(Nc1cccc(Cl)c1)N1CCC(N2CCc3sccc3C2)CC1. The fourth-order valence-electron chi connectivity index (χ4n) is 3.78. The van der Waals surface area contributed by atoms with Crippen LogP contribution in [0.25, 0.3) is 0 Å². The first-order valence-corrected chi connectivity index (χ1v) is 10.1. The van der Waals surface area contributed by atoms with Gasteiger partial charge in [-0.25, -0.2) is 4.79 Å². The fraction of sp³-hybridized carbons (Fsp3) is 0.421. The summed E-state index contributed by atoms with van der Waals surface area (Å²) in [5.41, 5.74) is 2.25. The van der Waals surface area contributed by atoms with Gasteiger partial charge in [0.15, 0.2) is 0 Å². The number of halogens is 1. The molecular formula is C19H22ClN3OS. The van der Waals surface area contributed by atoms with E-state index >= 15 is 0 Å². The standard InChI is InChI=1S/C19H22ClN3OS/c20-15-2-1-3-16(12-15)21-19(24)22-8-4-17(5-9-22)23-10-6-18-14(13-23)7-11-25-18/h1-3,7,11-12,17H,4-6,8-10,13H2,(H,21,24). The first-order chi connectivity index (χ1) is 12.2. The lowest BCUT2D eigenvalue weighted by atomic mass is 10.00. The van der Waals surface area contributed by atoms with Crippen molar-refractivity contribution in [2.24, 2.45) is 0 Å². The van der Waals surface area contributed by atoms with Crippen LogP contribution in [-0.4, -0.2) is 41.5 Å². The van der Waals surface area contributed by atoms with E-state index in [1.165, 1.54) is 12.0 Å². The second-order valence-electron chi connectivity index (χ2n) is 6.75. The number of rotatable bonds is 2. The molecule has 3 heterocycles. The first-order valence-electron chi connectivity index (χ1n) is 8.80. The number of benzene rings is 1. The lowest BCUT2D eigenvalue weighted by Crippen LogP contribution is -2.48. The molecule has 132 valence electrons. The van der Waals surface area contributed by atoms with E-state index in [0.717, 1.165) is 44.7 Å². The van der Waals surface area contributed by atoms with Crippen molar-refractivity contribution in [1.29, 1.82) is 0 Å². The second-order valence-corrected chi connectivity index (χ2v) is 8.19. The Labute approximate surface area is 157 Å². The number of urea groups is 1. The summed E-state index contributed by atoms with van der Waals surface area (Å²) < 4.78 is 0. The molecule has 0 radical (unpaired) electrons. The van der Waals surface area contributed by atoms with Crippen molar-refractivity contribution in [3.63, 3.8) is 0 Å². The molecule has 1 N–H and O–H groups in total. The fourth-order valence-corrected chi connectivity index (χ4v) is 4.86. The summed E-state index contributed by atoms with van der Waals surface area (Å²) in [6.45, 7) is 3.83. The highest BCUT2D eigenvalue weighted by atomic mass is 35.5. The van der Waals surface area contributed by atoms with Gasteiger partial charge in [0.2, 0.25) is 0 Å². The third-order valence-electron chi connectivity index (χ3n) is 5.18. The van der Waals surface area contributed by atoms with Crippen molar-refractivity contribution < 1.29 is 4.79 Å². The Bertz CT molecular complexity index is 755. The van der Waals surface area contributed by atoms with Crippen LogP contribution in [0.5, 0.6) is 0 Å². The summed E-state index contributed by atoms with van der Waals surface area (Å²) in [7, 11) is 0. The predicted octanol–water partition coefficient (Wildman–Crippen LogP) is 4.46. The van der Waals surface area contributed by atoms with Crippen LogP contribution in [0.15, 0.2) is 35.7 Å². The number of fused-ring (bicyclic) bond motifs is 1. The van der Waals surface area contributed by atoms with Crippen LogP contribution in [0.2, 0.25) is 5.02 Å². The van der Waals surface area contributed by atoms with Gasteiger partial charge in [-0.05, 0) is 54.5 Å². The summed E-state index contributed by atoms with van der Waals surface area (Å²) in [5.74, 6) is 0. The van der Waals surface area contributed by atoms with Crippen molar-refractivity contribution >= 4 is 34.7 Å². The normalized spacial score (nSPS) is 18.8. The molecule has 0 spiro atoms. The number of nitrogens with zero attached hydrogens (tertiary/aromatic N) is 2. The quantitative estimate of drug-likeness (QED) is 0.841. The number of piperidine rings is 1. The van der Waals surface area contributed by atoms with Crippen LogP contribution in [-0.2, 0) is 13.0 Å². The molecule has 1 fully saturated rings. The van der Waals surface area contributed by atoms with E-state index in [0.29, 0.717) is 11.1 Å². The molecule has 2 aromatic rings. The van der Waals surface area contributed by atoms with Gasteiger partial charge in [-0.3, -0.25) is 4.90 Å². The highest BCUT2D eigenvalue weighted by Gasteiger charge is 2.29. The Morgan fingerprint density at radius 2 is 2.04 bits per heavy atom. The average molecular weight is 376 g/mol. The summed E-state index contributed by atoms with van der Waals surface area (Å²) in [6.07, 6.45) is 3.26. The summed E-state index contributed by atoms with van der Waals surface area (Å²) in [4.78, 5) is 18.5. The van der Waals surface area contributed by atoms with Crippen molar-refractivity contribution in [2.45, 2.75) is 31.8 Å². The van der Waals surface area contributed by atoms with E-state index in [1.807, 2.05) is 28.4 Å². The topological polar surface area (TPSA) is 35.6 Å². The summed E-state index contributed by atoms with van der Waals surface area (Å²) >= 11 is 7.86. The molecule has 2 aliphatic rings. The van der Waals surface area contributed by atoms with E-state index in [4.69, 9.17) is 11.6 Å². The molecule has 0 bridgehead atoms. The number of hydrogen-bond donors (Lipinski definition) is 1. The maximum atomic E-state index is 12.5. The van der Waals surface area contributed by atoms with Crippen LogP contribution in [0, 0.1) is 0 Å². The van der Waals surface area contributed by atoms with E-state index in [9.17, 15) is 4.79 Å². The zero-order valence-corrected chi connectivity index (χ0v) is 15.7. The molecule has 4 nitrogen and oxygen atoms in total. The minimum atomic E-state index is -0.0283. The number of nitrogens with one attached hydrogen (secondary N) is 1. The van der Waals surface area contributed by atoms with E-state index in [-0.39, 0.29) is 6.03 Å². The molecule has 0 unspecified atom stereocenters. The molecule has 1 aromatic carbocycles. The number of carbonyl (C=O) groups excluding carboxylic acids is 1. The maximum absolute atomic E-state index is 12.5. The minimum absolute atomic E-state index is 0.0283. The van der Waals surface area contributed by atoms with Gasteiger partial charge in [-0.2, -0.15) is 0 Å². The Hall–Kier alpha value is -1.56. The molecule has 25 heavy (non-hydrogen) atoms. The van der Waals surface area contributed by atoms with Gasteiger partial charge in [0.25, 0.3) is 0 Å². The van der Waals surface area contributed by atoms with Crippen molar-refractivity contribution in [1.82, 2.24) is 9.80 Å². The molecule has 0 atom stereocenters. The Kier molecular flexibility index (Phi) is 4.97. The largest absolute Gasteiger partial charge is 0.324 e. The van der Waals surface area contributed by atoms with Crippen molar-refractivity contribution in [3.8, 4) is 0 Å². The molecule has 1 aromatic heterocycles. The average Bonchev–Trinajstić information content (AvgIpc) is 3.09. The first kappa shape index (κ1) is 16.9. The molecule has 2 aliphatic heterocycles. The highest BCUT2D eigenvalue weighted by molar-refractivity contribution is 7.10. The molecular weight excluding hydrogens is 354 g/mol. The second kappa shape index (κ2) is 7.36. The molecule has 2 amide bonds. The van der Waals surface area contributed by atoms with Crippen LogP contribution < -0.4 is 5.32 Å². The molecule has 0 saturated carbocycles. The van der Waals surface area contributed by atoms with Gasteiger partial charge in [0, 0.05) is 47.8 Å². The number of amides is 2. The van der Waals surface area contributed by atoms with Crippen LogP contribution in [0.3, 0.4) is 0 Å². The van der Waals surface area contributed by atoms with Gasteiger partial charge < -0.3 is 10.2 Å². The number of likely N-dealkylation sites (tertiary alicyclic amines) is 1. The molecule has 0 aliphatic carbocycles. The van der Waals surface area contributed by atoms with Crippen LogP contribution in [0.4, 0.5) is 10.5 Å². The number of hydrogen-bond acceptors (Lipinski definition) is 3. The van der Waals surface area contributed by atoms with Gasteiger partial charge in [-0.1, -0.05) is 17.7 Å². The van der Waals surface area contributed by atoms with Gasteiger partial charge >= 0.3 is 6.03 Å². The van der Waals surface area contributed by atoms with Gasteiger partial charge in [0.05, 0.1) is 0 Å².